The van der Waals surface area contributed by atoms with Gasteiger partial charge in [-0.05, 0) is 30.9 Å². The van der Waals surface area contributed by atoms with Gasteiger partial charge in [0, 0.05) is 0 Å². The van der Waals surface area contributed by atoms with Crippen molar-refractivity contribution in [3.8, 4) is 0 Å². The molecule has 0 aliphatic heterocycles. The van der Waals surface area contributed by atoms with Crippen molar-refractivity contribution in [1.29, 1.82) is 0 Å². The number of furan rings is 1. The summed E-state index contributed by atoms with van der Waals surface area (Å²) >= 11 is 0. The smallest absolute Gasteiger partial charge is 0.133 e. The summed E-state index contributed by atoms with van der Waals surface area (Å²) in [4.78, 5) is 0. The summed E-state index contributed by atoms with van der Waals surface area (Å²) in [5.41, 5.74) is -0.121. The van der Waals surface area contributed by atoms with Crippen molar-refractivity contribution in [3.63, 3.8) is 0 Å². The molecule has 0 saturated carbocycles. The molecule has 1 aromatic heterocycles. The minimum Gasteiger partial charge on any atom is -0.464 e. The van der Waals surface area contributed by atoms with E-state index in [2.05, 4.69) is 6.92 Å². The van der Waals surface area contributed by atoms with Gasteiger partial charge in [-0.2, -0.15) is 0 Å². The summed E-state index contributed by atoms with van der Waals surface area (Å²) < 4.78 is 5.38. The first-order valence-corrected chi connectivity index (χ1v) is 4.72. The fourth-order valence-corrected chi connectivity index (χ4v) is 1.18. The van der Waals surface area contributed by atoms with Crippen LogP contribution in [0.15, 0.2) is 16.5 Å². The Balaban J connectivity index is 2.84. The molecule has 0 aromatic carbocycles. The average Bonchev–Trinajstić information content (AvgIpc) is 2.50. The first kappa shape index (κ1) is 10.3. The molecule has 1 heterocycles. The molecule has 1 rings (SSSR count). The SMILES string of the molecule is CCC(C)(C)[C@H](O)c1ccc(C)o1. The quantitative estimate of drug-likeness (QED) is 0.779. The van der Waals surface area contributed by atoms with E-state index in [1.807, 2.05) is 32.9 Å². The van der Waals surface area contributed by atoms with Gasteiger partial charge in [0.2, 0.25) is 0 Å². The molecule has 0 spiro atoms. The van der Waals surface area contributed by atoms with Gasteiger partial charge >= 0.3 is 0 Å². The van der Waals surface area contributed by atoms with Crippen molar-refractivity contribution in [3.05, 3.63) is 23.7 Å². The van der Waals surface area contributed by atoms with Crippen molar-refractivity contribution < 1.29 is 9.52 Å². The Morgan fingerprint density at radius 2 is 2.08 bits per heavy atom. The molecule has 74 valence electrons. The van der Waals surface area contributed by atoms with Gasteiger partial charge in [-0.1, -0.05) is 20.8 Å². The summed E-state index contributed by atoms with van der Waals surface area (Å²) in [6, 6.07) is 3.72. The molecule has 0 aliphatic rings. The fourth-order valence-electron chi connectivity index (χ4n) is 1.18. The summed E-state index contributed by atoms with van der Waals surface area (Å²) in [6.45, 7) is 8.03. The van der Waals surface area contributed by atoms with E-state index in [0.29, 0.717) is 5.76 Å². The number of hydrogen-bond donors (Lipinski definition) is 1. The highest BCUT2D eigenvalue weighted by molar-refractivity contribution is 5.10. The highest BCUT2D eigenvalue weighted by atomic mass is 16.4. The average molecular weight is 182 g/mol. The van der Waals surface area contributed by atoms with E-state index in [0.717, 1.165) is 12.2 Å². The molecule has 1 N–H and O–H groups in total. The Hall–Kier alpha value is -0.760. The number of aliphatic hydroxyl groups is 1. The van der Waals surface area contributed by atoms with E-state index in [1.54, 1.807) is 0 Å². The van der Waals surface area contributed by atoms with Gasteiger partial charge in [0.1, 0.15) is 17.6 Å². The second-order valence-corrected chi connectivity index (χ2v) is 4.19. The Bertz CT molecular complexity index is 273. The maximum absolute atomic E-state index is 9.97. The Morgan fingerprint density at radius 3 is 2.46 bits per heavy atom. The normalized spacial score (nSPS) is 14.5. The van der Waals surface area contributed by atoms with Crippen LogP contribution in [0.3, 0.4) is 0 Å². The van der Waals surface area contributed by atoms with Crippen LogP contribution in [0.2, 0.25) is 0 Å². The molecule has 0 aliphatic carbocycles. The van der Waals surface area contributed by atoms with E-state index in [-0.39, 0.29) is 5.41 Å². The van der Waals surface area contributed by atoms with Crippen LogP contribution in [-0.2, 0) is 0 Å². The lowest BCUT2D eigenvalue weighted by atomic mass is 9.83. The van der Waals surface area contributed by atoms with Gasteiger partial charge in [0.05, 0.1) is 0 Å². The molecule has 0 fully saturated rings. The number of aliphatic hydroxyl groups excluding tert-OH is 1. The van der Waals surface area contributed by atoms with Crippen LogP contribution in [0.5, 0.6) is 0 Å². The third kappa shape index (κ3) is 2.13. The Labute approximate surface area is 79.6 Å². The van der Waals surface area contributed by atoms with Crippen LogP contribution in [0.4, 0.5) is 0 Å². The van der Waals surface area contributed by atoms with Gasteiger partial charge in [-0.25, -0.2) is 0 Å². The second-order valence-electron chi connectivity index (χ2n) is 4.19. The molecular formula is C11H18O2. The molecule has 1 atom stereocenters. The van der Waals surface area contributed by atoms with Crippen LogP contribution in [0, 0.1) is 12.3 Å². The summed E-state index contributed by atoms with van der Waals surface area (Å²) in [5, 5.41) is 9.97. The lowest BCUT2D eigenvalue weighted by Gasteiger charge is -2.27. The predicted molar refractivity (Wildman–Crippen MR) is 52.5 cm³/mol. The van der Waals surface area contributed by atoms with Crippen molar-refractivity contribution in [2.24, 2.45) is 5.41 Å². The first-order valence-electron chi connectivity index (χ1n) is 4.72. The van der Waals surface area contributed by atoms with Gasteiger partial charge in [-0.15, -0.1) is 0 Å². The minimum atomic E-state index is -0.508. The van der Waals surface area contributed by atoms with Gasteiger partial charge in [0.15, 0.2) is 0 Å². The zero-order chi connectivity index (χ0) is 10.1. The van der Waals surface area contributed by atoms with E-state index in [1.165, 1.54) is 0 Å². The third-order valence-corrected chi connectivity index (χ3v) is 2.68. The van der Waals surface area contributed by atoms with Gasteiger partial charge < -0.3 is 9.52 Å². The highest BCUT2D eigenvalue weighted by Crippen LogP contribution is 2.36. The van der Waals surface area contributed by atoms with Crippen LogP contribution in [0.1, 0.15) is 44.8 Å². The molecule has 1 aromatic rings. The summed E-state index contributed by atoms with van der Waals surface area (Å²) in [6.07, 6.45) is 0.416. The maximum atomic E-state index is 9.97. The zero-order valence-corrected chi connectivity index (χ0v) is 8.79. The molecule has 0 bridgehead atoms. The second kappa shape index (κ2) is 3.54. The molecular weight excluding hydrogens is 164 g/mol. The van der Waals surface area contributed by atoms with Crippen molar-refractivity contribution in [2.45, 2.75) is 40.2 Å². The minimum absolute atomic E-state index is 0.121. The summed E-state index contributed by atoms with van der Waals surface area (Å²) in [7, 11) is 0. The monoisotopic (exact) mass is 182 g/mol. The number of aryl methyl sites for hydroxylation is 1. The van der Waals surface area contributed by atoms with E-state index < -0.39 is 6.10 Å². The highest BCUT2D eigenvalue weighted by Gasteiger charge is 2.29. The largest absolute Gasteiger partial charge is 0.464 e. The molecule has 0 radical (unpaired) electrons. The Morgan fingerprint density at radius 1 is 1.46 bits per heavy atom. The van der Waals surface area contributed by atoms with Crippen LogP contribution in [0.25, 0.3) is 0 Å². The van der Waals surface area contributed by atoms with Crippen LogP contribution < -0.4 is 0 Å². The molecule has 2 nitrogen and oxygen atoms in total. The Kier molecular flexibility index (Phi) is 2.81. The molecule has 0 amide bonds. The first-order chi connectivity index (χ1) is 5.97. The number of hydrogen-bond acceptors (Lipinski definition) is 2. The molecule has 13 heavy (non-hydrogen) atoms. The third-order valence-electron chi connectivity index (χ3n) is 2.68. The lowest BCUT2D eigenvalue weighted by Crippen LogP contribution is -2.20. The zero-order valence-electron chi connectivity index (χ0n) is 8.79. The number of rotatable bonds is 3. The van der Waals surface area contributed by atoms with Crippen molar-refractivity contribution >= 4 is 0 Å². The molecule has 2 heteroatoms. The van der Waals surface area contributed by atoms with Crippen molar-refractivity contribution in [2.75, 3.05) is 0 Å². The van der Waals surface area contributed by atoms with Gasteiger partial charge in [-0.3, -0.25) is 0 Å². The van der Waals surface area contributed by atoms with Gasteiger partial charge in [0.25, 0.3) is 0 Å². The molecule has 0 saturated heterocycles. The summed E-state index contributed by atoms with van der Waals surface area (Å²) in [5.74, 6) is 1.52. The van der Waals surface area contributed by atoms with Crippen LogP contribution >= 0.6 is 0 Å². The van der Waals surface area contributed by atoms with E-state index in [9.17, 15) is 5.11 Å². The standard InChI is InChI=1S/C11H18O2/c1-5-11(3,4)10(12)9-7-6-8(2)13-9/h6-7,10,12H,5H2,1-4H3/t10-/m1/s1. The lowest BCUT2D eigenvalue weighted by molar-refractivity contribution is 0.0281. The topological polar surface area (TPSA) is 33.4 Å². The fraction of sp³-hybridized carbons (Fsp3) is 0.636. The maximum Gasteiger partial charge on any atom is 0.133 e. The van der Waals surface area contributed by atoms with E-state index in [4.69, 9.17) is 4.42 Å². The van der Waals surface area contributed by atoms with Crippen LogP contribution in [-0.4, -0.2) is 5.11 Å². The molecule has 0 unspecified atom stereocenters. The van der Waals surface area contributed by atoms with Crippen molar-refractivity contribution in [1.82, 2.24) is 0 Å². The van der Waals surface area contributed by atoms with E-state index >= 15 is 0 Å². The predicted octanol–water partition coefficient (Wildman–Crippen LogP) is 3.06.